The number of rotatable bonds is 8. The lowest BCUT2D eigenvalue weighted by molar-refractivity contribution is -0.148. The summed E-state index contributed by atoms with van der Waals surface area (Å²) in [7, 11) is -2.43. The predicted molar refractivity (Wildman–Crippen MR) is 112 cm³/mol. The van der Waals surface area contributed by atoms with E-state index < -0.39 is 22.0 Å². The van der Waals surface area contributed by atoms with Crippen LogP contribution in [0.4, 0.5) is 0 Å². The van der Waals surface area contributed by atoms with E-state index in [-0.39, 0.29) is 17.4 Å². The minimum Gasteiger partial charge on any atom is -0.497 e. The molecule has 10 heteroatoms. The molecule has 0 aliphatic carbocycles. The third-order valence-electron chi connectivity index (χ3n) is 4.40. The molecule has 0 saturated carbocycles. The van der Waals surface area contributed by atoms with Crippen LogP contribution in [0.3, 0.4) is 0 Å². The van der Waals surface area contributed by atoms with E-state index in [1.807, 2.05) is 0 Å². The second kappa shape index (κ2) is 9.03. The molecule has 0 amide bonds. The molecule has 2 heterocycles. The minimum atomic E-state index is -3.92. The van der Waals surface area contributed by atoms with E-state index in [1.165, 1.54) is 31.4 Å². The van der Waals surface area contributed by atoms with Crippen molar-refractivity contribution in [3.8, 4) is 5.75 Å². The number of imidazole rings is 1. The van der Waals surface area contributed by atoms with Crippen molar-refractivity contribution in [3.63, 3.8) is 0 Å². The van der Waals surface area contributed by atoms with E-state index >= 15 is 0 Å². The lowest BCUT2D eigenvalue weighted by Gasteiger charge is -2.20. The zero-order valence-electron chi connectivity index (χ0n) is 16.7. The second-order valence-corrected chi connectivity index (χ2v) is 9.12. The van der Waals surface area contributed by atoms with Gasteiger partial charge in [0.15, 0.2) is 0 Å². The number of esters is 1. The highest BCUT2D eigenvalue weighted by atomic mass is 35.5. The van der Waals surface area contributed by atoms with Crippen LogP contribution in [0.5, 0.6) is 5.75 Å². The number of carbonyl (C=O) groups is 1. The number of fused-ring (bicyclic) bond motifs is 1. The maximum absolute atomic E-state index is 12.7. The van der Waals surface area contributed by atoms with Crippen LogP contribution < -0.4 is 9.46 Å². The van der Waals surface area contributed by atoms with Crippen molar-refractivity contribution in [2.24, 2.45) is 5.92 Å². The zero-order chi connectivity index (χ0) is 21.9. The van der Waals surface area contributed by atoms with Gasteiger partial charge < -0.3 is 13.9 Å². The van der Waals surface area contributed by atoms with Crippen molar-refractivity contribution < 1.29 is 22.7 Å². The smallest absolute Gasteiger partial charge is 0.324 e. The van der Waals surface area contributed by atoms with Crippen molar-refractivity contribution in [2.75, 3.05) is 7.11 Å². The molecule has 160 valence electrons. The third-order valence-corrected chi connectivity index (χ3v) is 6.08. The Hall–Kier alpha value is -2.62. The van der Waals surface area contributed by atoms with Crippen LogP contribution in [-0.2, 0) is 26.2 Å². The number of hydrogen-bond donors (Lipinski definition) is 1. The molecule has 30 heavy (non-hydrogen) atoms. The van der Waals surface area contributed by atoms with Crippen LogP contribution in [-0.4, -0.2) is 36.9 Å². The first-order valence-corrected chi connectivity index (χ1v) is 11.0. The molecule has 0 aliphatic rings. The highest BCUT2D eigenvalue weighted by Gasteiger charge is 2.30. The molecule has 0 unspecified atom stereocenters. The maximum Gasteiger partial charge on any atom is 0.324 e. The van der Waals surface area contributed by atoms with Crippen LogP contribution >= 0.6 is 11.6 Å². The van der Waals surface area contributed by atoms with Crippen LogP contribution in [0.2, 0.25) is 5.02 Å². The quantitative estimate of drug-likeness (QED) is 0.528. The molecule has 3 aromatic rings. The number of pyridine rings is 1. The molecule has 0 radical (unpaired) electrons. The van der Waals surface area contributed by atoms with Gasteiger partial charge in [-0.05, 0) is 42.3 Å². The number of methoxy groups -OCH3 is 1. The minimum absolute atomic E-state index is 0.0268. The topological polar surface area (TPSA) is 99.0 Å². The van der Waals surface area contributed by atoms with E-state index in [1.54, 1.807) is 42.8 Å². The summed E-state index contributed by atoms with van der Waals surface area (Å²) >= 11 is 5.95. The average molecular weight is 452 g/mol. The molecule has 8 nitrogen and oxygen atoms in total. The lowest BCUT2D eigenvalue weighted by Crippen LogP contribution is -2.45. The van der Waals surface area contributed by atoms with Crippen molar-refractivity contribution in [2.45, 2.75) is 31.4 Å². The average Bonchev–Trinajstić information content (AvgIpc) is 3.12. The van der Waals surface area contributed by atoms with Crippen molar-refractivity contribution >= 4 is 33.2 Å². The molecule has 1 N–H and O–H groups in total. The lowest BCUT2D eigenvalue weighted by atomic mass is 10.1. The summed E-state index contributed by atoms with van der Waals surface area (Å²) < 4.78 is 39.9. The summed E-state index contributed by atoms with van der Waals surface area (Å²) in [4.78, 5) is 17.0. The molecule has 1 atom stereocenters. The summed E-state index contributed by atoms with van der Waals surface area (Å²) in [5.74, 6) is -0.481. The number of hydrogen-bond acceptors (Lipinski definition) is 6. The Morgan fingerprint density at radius 1 is 1.17 bits per heavy atom. The zero-order valence-corrected chi connectivity index (χ0v) is 18.3. The SMILES string of the molecule is COc1ccc(S(=O)(=O)N[C@H](C(=O)OCc2cn3cc(Cl)ccc3n2)C(C)C)cc1. The normalized spacial score (nSPS) is 12.8. The molecule has 0 spiro atoms. The van der Waals surface area contributed by atoms with Crippen LogP contribution in [0.15, 0.2) is 53.7 Å². The summed E-state index contributed by atoms with van der Waals surface area (Å²) in [6, 6.07) is 8.29. The highest BCUT2D eigenvalue weighted by molar-refractivity contribution is 7.89. The van der Waals surface area contributed by atoms with E-state index in [2.05, 4.69) is 9.71 Å². The van der Waals surface area contributed by atoms with Crippen LogP contribution in [0.25, 0.3) is 5.65 Å². The first-order chi connectivity index (χ1) is 14.2. The Kier molecular flexibility index (Phi) is 6.64. The van der Waals surface area contributed by atoms with Gasteiger partial charge in [0.05, 0.1) is 22.7 Å². The van der Waals surface area contributed by atoms with Gasteiger partial charge in [-0.15, -0.1) is 0 Å². The van der Waals surface area contributed by atoms with E-state index in [0.717, 1.165) is 0 Å². The number of halogens is 1. The maximum atomic E-state index is 12.7. The fourth-order valence-electron chi connectivity index (χ4n) is 2.77. The van der Waals surface area contributed by atoms with Crippen molar-refractivity contribution in [3.05, 3.63) is 59.5 Å². The second-order valence-electron chi connectivity index (χ2n) is 6.97. The molecule has 0 bridgehead atoms. The standard InChI is InChI=1S/C20H22ClN3O5S/c1-13(2)19(23-30(26,27)17-7-5-16(28-3)6-8-17)20(25)29-12-15-11-24-10-14(21)4-9-18(24)22-15/h4-11,13,19,23H,12H2,1-3H3/t19-/m0/s1. The van der Waals surface area contributed by atoms with E-state index in [9.17, 15) is 13.2 Å². The Labute approximate surface area is 179 Å². The number of nitrogens with zero attached hydrogens (tertiary/aromatic N) is 2. The summed E-state index contributed by atoms with van der Waals surface area (Å²) in [5, 5.41) is 0.552. The van der Waals surface area contributed by atoms with E-state index in [0.29, 0.717) is 22.1 Å². The van der Waals surface area contributed by atoms with Crippen LogP contribution in [0, 0.1) is 5.92 Å². The number of nitrogens with one attached hydrogen (secondary N) is 1. The molecule has 0 saturated heterocycles. The highest BCUT2D eigenvalue weighted by Crippen LogP contribution is 2.18. The van der Waals surface area contributed by atoms with Crippen LogP contribution in [0.1, 0.15) is 19.5 Å². The molecule has 3 rings (SSSR count). The summed E-state index contributed by atoms with van der Waals surface area (Å²) in [6.07, 6.45) is 3.38. The van der Waals surface area contributed by atoms with Gasteiger partial charge in [0.2, 0.25) is 10.0 Å². The van der Waals surface area contributed by atoms with Crippen molar-refractivity contribution in [1.82, 2.24) is 14.1 Å². The number of aromatic nitrogens is 2. The molecule has 0 aliphatic heterocycles. The summed E-state index contributed by atoms with van der Waals surface area (Å²) in [5.41, 5.74) is 1.18. The Morgan fingerprint density at radius 3 is 2.50 bits per heavy atom. The third kappa shape index (κ3) is 5.10. The van der Waals surface area contributed by atoms with Gasteiger partial charge in [-0.25, -0.2) is 13.4 Å². The fraction of sp³-hybridized carbons (Fsp3) is 0.300. The van der Waals surface area contributed by atoms with Gasteiger partial charge in [0.25, 0.3) is 0 Å². The Bertz CT molecular complexity index is 1140. The summed E-state index contributed by atoms with van der Waals surface area (Å²) in [6.45, 7) is 3.37. The fourth-order valence-corrected chi connectivity index (χ4v) is 4.27. The van der Waals surface area contributed by atoms with Gasteiger partial charge in [-0.3, -0.25) is 4.79 Å². The Balaban J connectivity index is 1.70. The van der Waals surface area contributed by atoms with Gasteiger partial charge in [-0.2, -0.15) is 4.72 Å². The molecular formula is C20H22ClN3O5S. The van der Waals surface area contributed by atoms with E-state index in [4.69, 9.17) is 21.1 Å². The number of ether oxygens (including phenoxy) is 2. The largest absolute Gasteiger partial charge is 0.497 e. The van der Waals surface area contributed by atoms with Gasteiger partial charge in [0.1, 0.15) is 24.0 Å². The van der Waals surface area contributed by atoms with Crippen molar-refractivity contribution in [1.29, 1.82) is 0 Å². The molecule has 0 fully saturated rings. The number of benzene rings is 1. The number of sulfonamides is 1. The van der Waals surface area contributed by atoms with Gasteiger partial charge in [0, 0.05) is 12.4 Å². The molecular weight excluding hydrogens is 430 g/mol. The molecule has 1 aromatic carbocycles. The first-order valence-electron chi connectivity index (χ1n) is 9.16. The molecule has 2 aromatic heterocycles. The van der Waals surface area contributed by atoms with Gasteiger partial charge >= 0.3 is 5.97 Å². The van der Waals surface area contributed by atoms with Gasteiger partial charge in [-0.1, -0.05) is 25.4 Å². The Morgan fingerprint density at radius 2 is 1.87 bits per heavy atom. The predicted octanol–water partition coefficient (Wildman–Crippen LogP) is 3.04. The first kappa shape index (κ1) is 22.1. The number of carbonyl (C=O) groups excluding carboxylic acids is 1. The monoisotopic (exact) mass is 451 g/mol.